The Bertz CT molecular complexity index is 582. The molecular formula is C17H28N6O. The van der Waals surface area contributed by atoms with Crippen LogP contribution in [0.2, 0.25) is 0 Å². The summed E-state index contributed by atoms with van der Waals surface area (Å²) in [7, 11) is 0. The molecule has 7 heteroatoms. The van der Waals surface area contributed by atoms with Crippen molar-refractivity contribution in [3.63, 3.8) is 0 Å². The summed E-state index contributed by atoms with van der Waals surface area (Å²) < 4.78 is 0. The molecule has 0 spiro atoms. The molecule has 1 aromatic rings. The predicted molar refractivity (Wildman–Crippen MR) is 96.2 cm³/mol. The second kappa shape index (κ2) is 7.23. The summed E-state index contributed by atoms with van der Waals surface area (Å²) in [5.41, 5.74) is 5.98. The van der Waals surface area contributed by atoms with Gasteiger partial charge in [-0.25, -0.2) is 0 Å². The standard InChI is InChI=1S/C17H28N6O/c1-3-21(4-2)17-19-14(18)11-15(20-17)22-9-10-23(16(24)12-22)13-7-5-6-8-13/h11,13H,3-10,12H2,1-2H3,(H2,18,19,20). The zero-order chi connectivity index (χ0) is 17.1. The maximum absolute atomic E-state index is 12.6. The molecule has 0 unspecified atom stereocenters. The number of aromatic nitrogens is 2. The number of anilines is 3. The smallest absolute Gasteiger partial charge is 0.242 e. The minimum atomic E-state index is 0.203. The Kier molecular flexibility index (Phi) is 5.06. The Balaban J connectivity index is 1.74. The minimum Gasteiger partial charge on any atom is -0.383 e. The lowest BCUT2D eigenvalue weighted by molar-refractivity contribution is -0.133. The monoisotopic (exact) mass is 332 g/mol. The van der Waals surface area contributed by atoms with Crippen molar-refractivity contribution in [1.29, 1.82) is 0 Å². The van der Waals surface area contributed by atoms with Crippen molar-refractivity contribution >= 4 is 23.5 Å². The highest BCUT2D eigenvalue weighted by atomic mass is 16.2. The molecule has 1 aliphatic heterocycles. The van der Waals surface area contributed by atoms with Gasteiger partial charge in [0.2, 0.25) is 11.9 Å². The van der Waals surface area contributed by atoms with Crippen LogP contribution >= 0.6 is 0 Å². The molecule has 0 aromatic carbocycles. The molecule has 2 heterocycles. The molecule has 1 saturated heterocycles. The summed E-state index contributed by atoms with van der Waals surface area (Å²) >= 11 is 0. The van der Waals surface area contributed by atoms with Gasteiger partial charge in [0.1, 0.15) is 11.6 Å². The number of nitrogens with zero attached hydrogens (tertiary/aromatic N) is 5. The third-order valence-electron chi connectivity index (χ3n) is 5.11. The summed E-state index contributed by atoms with van der Waals surface area (Å²) in [5.74, 6) is 2.05. The van der Waals surface area contributed by atoms with Gasteiger partial charge in [-0.2, -0.15) is 9.97 Å². The summed E-state index contributed by atoms with van der Waals surface area (Å²) in [4.78, 5) is 27.7. The molecule has 0 atom stereocenters. The largest absolute Gasteiger partial charge is 0.383 e. The van der Waals surface area contributed by atoms with Crippen LogP contribution in [0.3, 0.4) is 0 Å². The number of rotatable bonds is 5. The van der Waals surface area contributed by atoms with Crippen molar-refractivity contribution in [3.8, 4) is 0 Å². The summed E-state index contributed by atoms with van der Waals surface area (Å²) in [5, 5.41) is 0. The molecule has 2 aliphatic rings. The molecule has 1 saturated carbocycles. The average molecular weight is 332 g/mol. The molecule has 24 heavy (non-hydrogen) atoms. The van der Waals surface area contributed by atoms with E-state index < -0.39 is 0 Å². The van der Waals surface area contributed by atoms with E-state index in [1.807, 2.05) is 4.90 Å². The molecule has 132 valence electrons. The second-order valence-corrected chi connectivity index (χ2v) is 6.57. The van der Waals surface area contributed by atoms with E-state index in [1.54, 1.807) is 6.07 Å². The van der Waals surface area contributed by atoms with Gasteiger partial charge < -0.3 is 20.4 Å². The van der Waals surface area contributed by atoms with Gasteiger partial charge in [0.05, 0.1) is 6.54 Å². The zero-order valence-electron chi connectivity index (χ0n) is 14.7. The second-order valence-electron chi connectivity index (χ2n) is 6.57. The van der Waals surface area contributed by atoms with Crippen LogP contribution in [0.4, 0.5) is 17.6 Å². The average Bonchev–Trinajstić information content (AvgIpc) is 3.09. The quantitative estimate of drug-likeness (QED) is 0.880. The van der Waals surface area contributed by atoms with Gasteiger partial charge in [-0.05, 0) is 26.7 Å². The number of nitrogen functional groups attached to an aromatic ring is 1. The van der Waals surface area contributed by atoms with Crippen LogP contribution in [-0.2, 0) is 4.79 Å². The first-order valence-corrected chi connectivity index (χ1v) is 9.06. The first-order valence-electron chi connectivity index (χ1n) is 9.06. The van der Waals surface area contributed by atoms with Crippen LogP contribution in [0.1, 0.15) is 39.5 Å². The summed E-state index contributed by atoms with van der Waals surface area (Å²) in [6.45, 7) is 7.75. The number of carbonyl (C=O) groups excluding carboxylic acids is 1. The molecule has 1 aromatic heterocycles. The first-order chi connectivity index (χ1) is 11.6. The van der Waals surface area contributed by atoms with Crippen LogP contribution in [0.15, 0.2) is 6.07 Å². The van der Waals surface area contributed by atoms with Crippen LogP contribution < -0.4 is 15.5 Å². The van der Waals surface area contributed by atoms with Gasteiger partial charge in [0.15, 0.2) is 0 Å². The van der Waals surface area contributed by atoms with Gasteiger partial charge in [-0.3, -0.25) is 4.79 Å². The fourth-order valence-electron chi connectivity index (χ4n) is 3.73. The van der Waals surface area contributed by atoms with E-state index in [-0.39, 0.29) is 5.91 Å². The van der Waals surface area contributed by atoms with Crippen molar-refractivity contribution in [3.05, 3.63) is 6.07 Å². The SMILES string of the molecule is CCN(CC)c1nc(N)cc(N2CCN(C3CCCC3)C(=O)C2)n1. The van der Waals surface area contributed by atoms with Crippen LogP contribution in [0.5, 0.6) is 0 Å². The van der Waals surface area contributed by atoms with Crippen LogP contribution in [-0.4, -0.2) is 59.5 Å². The van der Waals surface area contributed by atoms with Crippen LogP contribution in [0, 0.1) is 0 Å². The Labute approximate surface area is 143 Å². The van der Waals surface area contributed by atoms with Crippen molar-refractivity contribution in [1.82, 2.24) is 14.9 Å². The van der Waals surface area contributed by atoms with Gasteiger partial charge in [-0.15, -0.1) is 0 Å². The molecule has 2 fully saturated rings. The Morgan fingerprint density at radius 3 is 2.54 bits per heavy atom. The first kappa shape index (κ1) is 16.8. The van der Waals surface area contributed by atoms with E-state index in [2.05, 4.69) is 33.6 Å². The van der Waals surface area contributed by atoms with Crippen molar-refractivity contribution in [2.45, 2.75) is 45.6 Å². The maximum Gasteiger partial charge on any atom is 0.242 e. The lowest BCUT2D eigenvalue weighted by Gasteiger charge is -2.38. The Morgan fingerprint density at radius 1 is 1.21 bits per heavy atom. The summed E-state index contributed by atoms with van der Waals surface area (Å²) in [6, 6.07) is 2.22. The number of nitrogens with two attached hydrogens (primary N) is 1. The molecule has 0 radical (unpaired) electrons. The Hall–Kier alpha value is -2.05. The molecule has 3 rings (SSSR count). The van der Waals surface area contributed by atoms with E-state index in [0.717, 1.165) is 44.8 Å². The van der Waals surface area contributed by atoms with E-state index in [4.69, 9.17) is 5.73 Å². The topological polar surface area (TPSA) is 78.6 Å². The molecular weight excluding hydrogens is 304 g/mol. The highest BCUT2D eigenvalue weighted by Crippen LogP contribution is 2.26. The number of amides is 1. The minimum absolute atomic E-state index is 0.203. The maximum atomic E-state index is 12.6. The molecule has 1 aliphatic carbocycles. The van der Waals surface area contributed by atoms with Crippen molar-refractivity contribution in [2.24, 2.45) is 0 Å². The van der Waals surface area contributed by atoms with Gasteiger partial charge >= 0.3 is 0 Å². The molecule has 7 nitrogen and oxygen atoms in total. The van der Waals surface area contributed by atoms with Crippen molar-refractivity contribution in [2.75, 3.05) is 48.3 Å². The van der Waals surface area contributed by atoms with Crippen molar-refractivity contribution < 1.29 is 4.79 Å². The number of hydrogen-bond donors (Lipinski definition) is 1. The van der Waals surface area contributed by atoms with Gasteiger partial charge in [0.25, 0.3) is 0 Å². The normalized spacial score (nSPS) is 19.2. The van der Waals surface area contributed by atoms with E-state index in [9.17, 15) is 4.79 Å². The fourth-order valence-corrected chi connectivity index (χ4v) is 3.73. The lowest BCUT2D eigenvalue weighted by atomic mass is 10.1. The number of hydrogen-bond acceptors (Lipinski definition) is 6. The highest BCUT2D eigenvalue weighted by Gasteiger charge is 2.31. The van der Waals surface area contributed by atoms with E-state index in [1.165, 1.54) is 12.8 Å². The molecule has 0 bridgehead atoms. The highest BCUT2D eigenvalue weighted by molar-refractivity contribution is 5.83. The molecule has 2 N–H and O–H groups in total. The van der Waals surface area contributed by atoms with Gasteiger partial charge in [-0.1, -0.05) is 12.8 Å². The van der Waals surface area contributed by atoms with Crippen LogP contribution in [0.25, 0.3) is 0 Å². The van der Waals surface area contributed by atoms with E-state index >= 15 is 0 Å². The lowest BCUT2D eigenvalue weighted by Crippen LogP contribution is -2.53. The third kappa shape index (κ3) is 3.39. The fraction of sp³-hybridized carbons (Fsp3) is 0.706. The van der Waals surface area contributed by atoms with Gasteiger partial charge in [0, 0.05) is 38.3 Å². The zero-order valence-corrected chi connectivity index (χ0v) is 14.7. The third-order valence-corrected chi connectivity index (χ3v) is 5.11. The number of carbonyl (C=O) groups is 1. The number of piperazine rings is 1. The Morgan fingerprint density at radius 2 is 1.92 bits per heavy atom. The summed E-state index contributed by atoms with van der Waals surface area (Å²) in [6.07, 6.45) is 4.79. The molecule has 1 amide bonds. The predicted octanol–water partition coefficient (Wildman–Crippen LogP) is 1.50. The van der Waals surface area contributed by atoms with E-state index in [0.29, 0.717) is 24.4 Å².